The lowest BCUT2D eigenvalue weighted by atomic mass is 9.99. The van der Waals surface area contributed by atoms with Crippen LogP contribution in [0.3, 0.4) is 0 Å². The van der Waals surface area contributed by atoms with E-state index in [9.17, 15) is 0 Å². The first-order valence-electron chi connectivity index (χ1n) is 9.70. The molecule has 0 saturated heterocycles. The van der Waals surface area contributed by atoms with Crippen molar-refractivity contribution in [3.63, 3.8) is 0 Å². The van der Waals surface area contributed by atoms with E-state index in [0.717, 1.165) is 0 Å². The molecule has 4 rings (SSSR count). The molecule has 0 saturated carbocycles. The molecule has 0 radical (unpaired) electrons. The highest BCUT2D eigenvalue weighted by Crippen LogP contribution is 2.24. The molecule has 0 aliphatic rings. The van der Waals surface area contributed by atoms with E-state index in [1.807, 2.05) is 0 Å². The smallest absolute Gasteiger partial charge is 0.0111 e. The highest BCUT2D eigenvalue weighted by Gasteiger charge is 2.01. The van der Waals surface area contributed by atoms with Crippen LogP contribution in [0.5, 0.6) is 0 Å². The van der Waals surface area contributed by atoms with E-state index in [-0.39, 0.29) is 0 Å². The van der Waals surface area contributed by atoms with Gasteiger partial charge in [0.25, 0.3) is 0 Å². The van der Waals surface area contributed by atoms with Gasteiger partial charge in [-0.05, 0) is 59.0 Å². The van der Waals surface area contributed by atoms with E-state index in [1.165, 1.54) is 44.2 Å². The summed E-state index contributed by atoms with van der Waals surface area (Å²) in [5.41, 5.74) is 7.45. The Morgan fingerprint density at radius 1 is 0.500 bits per heavy atom. The minimum atomic E-state index is 1.21. The average molecular weight is 361 g/mol. The van der Waals surface area contributed by atoms with Gasteiger partial charge < -0.3 is 0 Å². The zero-order valence-corrected chi connectivity index (χ0v) is 16.4. The zero-order chi connectivity index (χ0) is 19.3. The average Bonchev–Trinajstić information content (AvgIpc) is 2.73. The molecule has 0 heterocycles. The van der Waals surface area contributed by atoms with Crippen LogP contribution in [0, 0.1) is 13.8 Å². The van der Waals surface area contributed by atoms with Gasteiger partial charge in [0, 0.05) is 0 Å². The Bertz CT molecular complexity index is 1140. The molecule has 0 aliphatic heterocycles. The van der Waals surface area contributed by atoms with Crippen LogP contribution in [-0.4, -0.2) is 0 Å². The Hall–Kier alpha value is -3.38. The highest BCUT2D eigenvalue weighted by atomic mass is 14.1. The largest absolute Gasteiger partial charge is 0.0616 e. The second-order valence-corrected chi connectivity index (χ2v) is 7.32. The Balaban J connectivity index is 1.70. The van der Waals surface area contributed by atoms with E-state index in [1.54, 1.807) is 0 Å². The lowest BCUT2D eigenvalue weighted by Crippen LogP contribution is -1.83. The van der Waals surface area contributed by atoms with Crippen LogP contribution in [0.4, 0.5) is 0 Å². The van der Waals surface area contributed by atoms with Gasteiger partial charge in [-0.1, -0.05) is 108 Å². The standard InChI is InChI=1S/C28H24/c1-21-7-11-23(12-8-21)15-16-25-19-26-5-3-4-6-28(26)27(20-25)18-17-24-13-9-22(2)10-14-24/h3-20H,1-2H3. The monoisotopic (exact) mass is 360 g/mol. The molecule has 0 nitrogen and oxygen atoms in total. The summed E-state index contributed by atoms with van der Waals surface area (Å²) in [5, 5.41) is 2.54. The van der Waals surface area contributed by atoms with Crippen molar-refractivity contribution in [1.29, 1.82) is 0 Å². The fourth-order valence-corrected chi connectivity index (χ4v) is 3.33. The van der Waals surface area contributed by atoms with Gasteiger partial charge in [0.15, 0.2) is 0 Å². The van der Waals surface area contributed by atoms with Crippen LogP contribution in [-0.2, 0) is 0 Å². The molecule has 28 heavy (non-hydrogen) atoms. The Morgan fingerprint density at radius 2 is 1.04 bits per heavy atom. The first-order valence-corrected chi connectivity index (χ1v) is 9.70. The van der Waals surface area contributed by atoms with Gasteiger partial charge in [-0.15, -0.1) is 0 Å². The summed E-state index contributed by atoms with van der Waals surface area (Å²) in [4.78, 5) is 0. The first-order chi connectivity index (χ1) is 13.7. The summed E-state index contributed by atoms with van der Waals surface area (Å²) in [7, 11) is 0. The molecule has 136 valence electrons. The SMILES string of the molecule is Cc1ccc(C=Cc2cc(C=Cc3ccc(C)cc3)c3ccccc3c2)cc1. The van der Waals surface area contributed by atoms with Crippen molar-refractivity contribution in [1.82, 2.24) is 0 Å². The highest BCUT2D eigenvalue weighted by molar-refractivity contribution is 5.95. The lowest BCUT2D eigenvalue weighted by molar-refractivity contribution is 1.46. The van der Waals surface area contributed by atoms with Gasteiger partial charge in [-0.25, -0.2) is 0 Å². The van der Waals surface area contributed by atoms with Crippen LogP contribution >= 0.6 is 0 Å². The van der Waals surface area contributed by atoms with Gasteiger partial charge in [0.1, 0.15) is 0 Å². The summed E-state index contributed by atoms with van der Waals surface area (Å²) in [5.74, 6) is 0. The maximum absolute atomic E-state index is 2.26. The topological polar surface area (TPSA) is 0 Å². The lowest BCUT2D eigenvalue weighted by Gasteiger charge is -2.06. The Labute approximate surface area is 167 Å². The molecule has 0 heteroatoms. The molecular formula is C28H24. The van der Waals surface area contributed by atoms with Crippen molar-refractivity contribution in [2.24, 2.45) is 0 Å². The summed E-state index contributed by atoms with van der Waals surface area (Å²) >= 11 is 0. The van der Waals surface area contributed by atoms with Gasteiger partial charge in [-0.3, -0.25) is 0 Å². The number of hydrogen-bond acceptors (Lipinski definition) is 0. The van der Waals surface area contributed by atoms with E-state index in [0.29, 0.717) is 0 Å². The normalized spacial score (nSPS) is 11.6. The van der Waals surface area contributed by atoms with Crippen LogP contribution in [0.15, 0.2) is 84.9 Å². The molecule has 0 bridgehead atoms. The minimum absolute atomic E-state index is 1.21. The molecule has 0 aromatic heterocycles. The van der Waals surface area contributed by atoms with Crippen molar-refractivity contribution < 1.29 is 0 Å². The Kier molecular flexibility index (Phi) is 5.21. The van der Waals surface area contributed by atoms with Crippen LogP contribution < -0.4 is 0 Å². The quantitative estimate of drug-likeness (QED) is 0.326. The van der Waals surface area contributed by atoms with Crippen molar-refractivity contribution in [2.75, 3.05) is 0 Å². The van der Waals surface area contributed by atoms with Crippen molar-refractivity contribution in [2.45, 2.75) is 13.8 Å². The molecule has 0 atom stereocenters. The van der Waals surface area contributed by atoms with Crippen LogP contribution in [0.1, 0.15) is 33.4 Å². The molecule has 0 spiro atoms. The molecule has 0 fully saturated rings. The van der Waals surface area contributed by atoms with Gasteiger partial charge in [-0.2, -0.15) is 0 Å². The minimum Gasteiger partial charge on any atom is -0.0616 e. The van der Waals surface area contributed by atoms with E-state index in [4.69, 9.17) is 0 Å². The third kappa shape index (κ3) is 4.29. The molecule has 0 N–H and O–H groups in total. The molecule has 4 aromatic carbocycles. The van der Waals surface area contributed by atoms with Gasteiger partial charge in [0.2, 0.25) is 0 Å². The van der Waals surface area contributed by atoms with Crippen LogP contribution in [0.2, 0.25) is 0 Å². The first kappa shape index (κ1) is 18.0. The molecule has 0 unspecified atom stereocenters. The maximum atomic E-state index is 2.26. The summed E-state index contributed by atoms with van der Waals surface area (Å²) in [6.07, 6.45) is 8.78. The summed E-state index contributed by atoms with van der Waals surface area (Å²) in [6.45, 7) is 4.23. The van der Waals surface area contributed by atoms with Crippen molar-refractivity contribution in [3.8, 4) is 0 Å². The number of benzene rings is 4. The van der Waals surface area contributed by atoms with E-state index >= 15 is 0 Å². The predicted molar refractivity (Wildman–Crippen MR) is 124 cm³/mol. The number of hydrogen-bond donors (Lipinski definition) is 0. The van der Waals surface area contributed by atoms with Crippen molar-refractivity contribution in [3.05, 3.63) is 118 Å². The molecule has 0 amide bonds. The Morgan fingerprint density at radius 3 is 1.68 bits per heavy atom. The van der Waals surface area contributed by atoms with Crippen LogP contribution in [0.25, 0.3) is 35.1 Å². The second-order valence-electron chi connectivity index (χ2n) is 7.32. The zero-order valence-electron chi connectivity index (χ0n) is 16.4. The summed E-state index contributed by atoms with van der Waals surface area (Å²) < 4.78 is 0. The fourth-order valence-electron chi connectivity index (χ4n) is 3.33. The number of aryl methyl sites for hydroxylation is 2. The fraction of sp³-hybridized carbons (Fsp3) is 0.0714. The number of rotatable bonds is 4. The third-order valence-electron chi connectivity index (χ3n) is 4.99. The van der Waals surface area contributed by atoms with Crippen molar-refractivity contribution >= 4 is 35.1 Å². The molecule has 0 aliphatic carbocycles. The van der Waals surface area contributed by atoms with E-state index in [2.05, 4.69) is 123 Å². The maximum Gasteiger partial charge on any atom is -0.0111 e. The van der Waals surface area contributed by atoms with Gasteiger partial charge in [0.05, 0.1) is 0 Å². The summed E-state index contributed by atoms with van der Waals surface area (Å²) in [6, 6.07) is 30.3. The van der Waals surface area contributed by atoms with Gasteiger partial charge >= 0.3 is 0 Å². The molecule has 4 aromatic rings. The number of fused-ring (bicyclic) bond motifs is 1. The third-order valence-corrected chi connectivity index (χ3v) is 4.99. The predicted octanol–water partition coefficient (Wildman–Crippen LogP) is 7.80. The molecular weight excluding hydrogens is 336 g/mol. The second kappa shape index (κ2) is 8.10. The van der Waals surface area contributed by atoms with E-state index < -0.39 is 0 Å².